The number of benzene rings is 1. The molecule has 31 heavy (non-hydrogen) atoms. The number of nitrogens with zero attached hydrogens (tertiary/aromatic N) is 3. The summed E-state index contributed by atoms with van der Waals surface area (Å²) in [5.41, 5.74) is 2.85. The number of imidazole rings is 1. The molecule has 1 aromatic carbocycles. The quantitative estimate of drug-likeness (QED) is 0.319. The number of rotatable bonds is 7. The summed E-state index contributed by atoms with van der Waals surface area (Å²) in [5.74, 6) is 1.37. The number of nitriles is 1. The van der Waals surface area contributed by atoms with Gasteiger partial charge in [-0.2, -0.15) is 5.26 Å². The van der Waals surface area contributed by atoms with Crippen molar-refractivity contribution in [3.63, 3.8) is 0 Å². The Labute approximate surface area is 193 Å². The normalized spacial score (nSPS) is 10.8. The number of aromatic nitrogens is 3. The van der Waals surface area contributed by atoms with Gasteiger partial charge in [0.1, 0.15) is 17.7 Å². The molecule has 0 radical (unpaired) electrons. The topological polar surface area (TPSA) is 86.6 Å². The third kappa shape index (κ3) is 4.43. The lowest BCUT2D eigenvalue weighted by molar-refractivity contribution is 0.210. The van der Waals surface area contributed by atoms with Gasteiger partial charge in [0.05, 0.1) is 21.9 Å². The zero-order chi connectivity index (χ0) is 21.8. The van der Waals surface area contributed by atoms with E-state index >= 15 is 0 Å². The van der Waals surface area contributed by atoms with Gasteiger partial charge >= 0.3 is 0 Å². The largest absolute Gasteiger partial charge is 0.383 e. The maximum absolute atomic E-state index is 10.1. The SMILES string of the molecule is COCCNc1cc(-c2sc(-c3ncc[nH]3)c(-c3ccc(Cl)cc3Cl)c2C#N)ccn1. The monoisotopic (exact) mass is 469 g/mol. The summed E-state index contributed by atoms with van der Waals surface area (Å²) < 4.78 is 5.08. The molecule has 0 fully saturated rings. The van der Waals surface area contributed by atoms with E-state index in [2.05, 4.69) is 26.3 Å². The molecule has 9 heteroatoms. The Kier molecular flexibility index (Phi) is 6.54. The number of hydrogen-bond donors (Lipinski definition) is 2. The number of aromatic amines is 1. The van der Waals surface area contributed by atoms with Crippen molar-refractivity contribution in [2.24, 2.45) is 0 Å². The predicted octanol–water partition coefficient (Wildman–Crippen LogP) is 6.10. The number of H-pyrrole nitrogens is 1. The van der Waals surface area contributed by atoms with Gasteiger partial charge in [0.25, 0.3) is 0 Å². The number of anilines is 1. The van der Waals surface area contributed by atoms with Crippen molar-refractivity contribution in [3.8, 4) is 38.3 Å². The zero-order valence-electron chi connectivity index (χ0n) is 16.4. The Bertz CT molecular complexity index is 1250. The molecule has 6 nitrogen and oxygen atoms in total. The van der Waals surface area contributed by atoms with E-state index in [0.29, 0.717) is 40.4 Å². The first kappa shape index (κ1) is 21.3. The van der Waals surface area contributed by atoms with Gasteiger partial charge in [-0.05, 0) is 29.8 Å². The molecule has 0 bridgehead atoms. The molecule has 3 heterocycles. The third-order valence-corrected chi connectivity index (χ3v) is 6.36. The number of thiophene rings is 1. The summed E-state index contributed by atoms with van der Waals surface area (Å²) in [6, 6.07) is 11.4. The van der Waals surface area contributed by atoms with Crippen molar-refractivity contribution in [1.82, 2.24) is 15.0 Å². The van der Waals surface area contributed by atoms with Crippen LogP contribution in [0.5, 0.6) is 0 Å². The van der Waals surface area contributed by atoms with E-state index < -0.39 is 0 Å². The summed E-state index contributed by atoms with van der Waals surface area (Å²) in [4.78, 5) is 13.5. The molecule has 4 aromatic rings. The van der Waals surface area contributed by atoms with Crippen LogP contribution >= 0.6 is 34.5 Å². The molecular weight excluding hydrogens is 453 g/mol. The lowest BCUT2D eigenvalue weighted by Gasteiger charge is -2.08. The number of hydrogen-bond acceptors (Lipinski definition) is 6. The minimum absolute atomic E-state index is 0.470. The summed E-state index contributed by atoms with van der Waals surface area (Å²) >= 11 is 14.1. The number of pyridine rings is 1. The summed E-state index contributed by atoms with van der Waals surface area (Å²) in [6.07, 6.45) is 5.14. The van der Waals surface area contributed by atoms with Crippen molar-refractivity contribution in [2.75, 3.05) is 25.6 Å². The second-order valence-electron chi connectivity index (χ2n) is 6.53. The van der Waals surface area contributed by atoms with Crippen LogP contribution in [0.15, 0.2) is 48.9 Å². The molecule has 0 saturated heterocycles. The van der Waals surface area contributed by atoms with E-state index in [1.54, 1.807) is 37.8 Å². The van der Waals surface area contributed by atoms with Gasteiger partial charge in [0.2, 0.25) is 0 Å². The minimum Gasteiger partial charge on any atom is -0.383 e. The molecular formula is C22H17Cl2N5OS. The Morgan fingerprint density at radius 1 is 1.16 bits per heavy atom. The van der Waals surface area contributed by atoms with E-state index in [0.717, 1.165) is 26.4 Å². The summed E-state index contributed by atoms with van der Waals surface area (Å²) in [6.45, 7) is 1.20. The number of halogens is 2. The molecule has 0 amide bonds. The van der Waals surface area contributed by atoms with Crippen LogP contribution in [0.3, 0.4) is 0 Å². The first-order chi connectivity index (χ1) is 15.1. The standard InChI is InChI=1S/C22H17Cl2N5OS/c1-30-9-8-27-18-10-13(4-5-26-18)20-16(12-25)19(15-3-2-14(23)11-17(15)24)21(31-20)22-28-6-7-29-22/h2-7,10-11H,8-9H2,1H3,(H,26,27)(H,28,29). The van der Waals surface area contributed by atoms with Crippen LogP contribution in [0.1, 0.15) is 5.56 Å². The average molecular weight is 470 g/mol. The van der Waals surface area contributed by atoms with E-state index in [9.17, 15) is 5.26 Å². The third-order valence-electron chi connectivity index (χ3n) is 4.57. The molecule has 3 aromatic heterocycles. The van der Waals surface area contributed by atoms with Crippen LogP contribution in [0.2, 0.25) is 10.0 Å². The van der Waals surface area contributed by atoms with Gasteiger partial charge in [-0.25, -0.2) is 9.97 Å². The Morgan fingerprint density at radius 3 is 2.74 bits per heavy atom. The number of methoxy groups -OCH3 is 1. The Balaban J connectivity index is 1.89. The lowest BCUT2D eigenvalue weighted by Crippen LogP contribution is -2.08. The van der Waals surface area contributed by atoms with E-state index in [4.69, 9.17) is 27.9 Å². The Hall–Kier alpha value is -2.89. The first-order valence-corrected chi connectivity index (χ1v) is 10.9. The van der Waals surface area contributed by atoms with Gasteiger partial charge in [-0.1, -0.05) is 29.3 Å². The van der Waals surface area contributed by atoms with Crippen LogP contribution in [-0.4, -0.2) is 35.2 Å². The molecule has 0 aliphatic carbocycles. The molecule has 156 valence electrons. The van der Waals surface area contributed by atoms with E-state index in [1.165, 1.54) is 11.3 Å². The van der Waals surface area contributed by atoms with Crippen molar-refractivity contribution < 1.29 is 4.74 Å². The van der Waals surface area contributed by atoms with Crippen LogP contribution in [0.4, 0.5) is 5.82 Å². The van der Waals surface area contributed by atoms with Crippen molar-refractivity contribution >= 4 is 40.4 Å². The highest BCUT2D eigenvalue weighted by molar-refractivity contribution is 7.19. The molecule has 4 rings (SSSR count). The van der Waals surface area contributed by atoms with Crippen LogP contribution in [0, 0.1) is 11.3 Å². The summed E-state index contributed by atoms with van der Waals surface area (Å²) in [7, 11) is 1.65. The van der Waals surface area contributed by atoms with Crippen molar-refractivity contribution in [2.45, 2.75) is 0 Å². The number of nitrogens with one attached hydrogen (secondary N) is 2. The van der Waals surface area contributed by atoms with Gasteiger partial charge in [0.15, 0.2) is 0 Å². The average Bonchev–Trinajstić information content (AvgIpc) is 3.42. The molecule has 0 aliphatic rings. The molecule has 0 saturated carbocycles. The molecule has 0 aliphatic heterocycles. The van der Waals surface area contributed by atoms with Gasteiger partial charge < -0.3 is 15.0 Å². The fraction of sp³-hybridized carbons (Fsp3) is 0.136. The fourth-order valence-corrected chi connectivity index (χ4v) is 4.92. The highest BCUT2D eigenvalue weighted by Crippen LogP contribution is 2.48. The lowest BCUT2D eigenvalue weighted by atomic mass is 9.98. The van der Waals surface area contributed by atoms with Gasteiger partial charge in [-0.15, -0.1) is 11.3 Å². The van der Waals surface area contributed by atoms with Crippen molar-refractivity contribution in [3.05, 3.63) is 64.5 Å². The second-order valence-corrected chi connectivity index (χ2v) is 8.40. The fourth-order valence-electron chi connectivity index (χ4n) is 3.20. The van der Waals surface area contributed by atoms with Crippen LogP contribution in [-0.2, 0) is 4.74 Å². The van der Waals surface area contributed by atoms with Gasteiger partial charge in [0, 0.05) is 53.4 Å². The Morgan fingerprint density at radius 2 is 2.03 bits per heavy atom. The second kappa shape index (κ2) is 9.50. The predicted molar refractivity (Wildman–Crippen MR) is 126 cm³/mol. The summed E-state index contributed by atoms with van der Waals surface area (Å²) in [5, 5.41) is 14.4. The zero-order valence-corrected chi connectivity index (χ0v) is 18.8. The first-order valence-electron chi connectivity index (χ1n) is 9.33. The smallest absolute Gasteiger partial charge is 0.148 e. The number of ether oxygens (including phenoxy) is 1. The highest BCUT2D eigenvalue weighted by Gasteiger charge is 2.24. The molecule has 0 atom stereocenters. The van der Waals surface area contributed by atoms with Crippen LogP contribution in [0.25, 0.3) is 32.3 Å². The van der Waals surface area contributed by atoms with Crippen molar-refractivity contribution in [1.29, 1.82) is 5.26 Å². The highest BCUT2D eigenvalue weighted by atomic mass is 35.5. The maximum Gasteiger partial charge on any atom is 0.148 e. The molecule has 2 N–H and O–H groups in total. The van der Waals surface area contributed by atoms with Gasteiger partial charge in [-0.3, -0.25) is 0 Å². The minimum atomic E-state index is 0.470. The van der Waals surface area contributed by atoms with E-state index in [-0.39, 0.29) is 0 Å². The molecule has 0 spiro atoms. The maximum atomic E-state index is 10.1. The van der Waals surface area contributed by atoms with Crippen LogP contribution < -0.4 is 5.32 Å². The molecule has 0 unspecified atom stereocenters. The van der Waals surface area contributed by atoms with E-state index in [1.807, 2.05) is 18.2 Å².